The Morgan fingerprint density at radius 1 is 1.18 bits per heavy atom. The monoisotopic (exact) mass is 304 g/mol. The van der Waals surface area contributed by atoms with Gasteiger partial charge in [0.05, 0.1) is 0 Å². The van der Waals surface area contributed by atoms with Gasteiger partial charge in [-0.05, 0) is 44.9 Å². The zero-order chi connectivity index (χ0) is 16.6. The molecule has 0 aliphatic carbocycles. The number of ether oxygens (including phenoxy) is 1. The third-order valence-electron chi connectivity index (χ3n) is 2.69. The van der Waals surface area contributed by atoms with Crippen molar-refractivity contribution >= 4 is 18.1 Å². The normalized spacial score (nSPS) is 11.3. The van der Waals surface area contributed by atoms with E-state index in [4.69, 9.17) is 4.74 Å². The smallest absolute Gasteiger partial charge is 0.407 e. The van der Waals surface area contributed by atoms with Crippen LogP contribution >= 0.6 is 0 Å². The first-order chi connectivity index (χ1) is 10.3. The number of carbonyl (C=O) groups is 2. The lowest BCUT2D eigenvalue weighted by molar-refractivity contribution is 0.0528. The highest BCUT2D eigenvalue weighted by Gasteiger charge is 2.15. The standard InChI is InChI=1S/C17H24N2O3/c1-17(2,3)22-16(21)19-12-6-5-7-13-8-10-14(11-9-13)15(20)18-4/h5,7-11H,6,12H2,1-4H3,(H,18,20)(H,19,21). The van der Waals surface area contributed by atoms with Gasteiger partial charge in [0.25, 0.3) is 5.91 Å². The number of rotatable bonds is 5. The van der Waals surface area contributed by atoms with Gasteiger partial charge in [0.15, 0.2) is 0 Å². The highest BCUT2D eigenvalue weighted by Crippen LogP contribution is 2.07. The van der Waals surface area contributed by atoms with Crippen LogP contribution in [-0.2, 0) is 4.74 Å². The Morgan fingerprint density at radius 3 is 2.36 bits per heavy atom. The molecule has 2 N–H and O–H groups in total. The molecule has 1 rings (SSSR count). The van der Waals surface area contributed by atoms with Crippen LogP contribution in [0.1, 0.15) is 43.1 Å². The van der Waals surface area contributed by atoms with Crippen LogP contribution in [0.2, 0.25) is 0 Å². The van der Waals surface area contributed by atoms with E-state index in [2.05, 4.69) is 10.6 Å². The summed E-state index contributed by atoms with van der Waals surface area (Å²) in [6.07, 6.45) is 4.21. The van der Waals surface area contributed by atoms with E-state index >= 15 is 0 Å². The van der Waals surface area contributed by atoms with Crippen molar-refractivity contribution in [3.05, 3.63) is 41.5 Å². The van der Waals surface area contributed by atoms with Crippen LogP contribution in [0.5, 0.6) is 0 Å². The van der Waals surface area contributed by atoms with E-state index in [1.807, 2.05) is 45.1 Å². The van der Waals surface area contributed by atoms with Crippen LogP contribution in [0.25, 0.3) is 6.08 Å². The summed E-state index contributed by atoms with van der Waals surface area (Å²) < 4.78 is 5.14. The Bertz CT molecular complexity index is 528. The minimum absolute atomic E-state index is 0.0999. The summed E-state index contributed by atoms with van der Waals surface area (Å²) in [7, 11) is 1.60. The molecular formula is C17H24N2O3. The Hall–Kier alpha value is -2.30. The summed E-state index contributed by atoms with van der Waals surface area (Å²) >= 11 is 0. The fraction of sp³-hybridized carbons (Fsp3) is 0.412. The quantitative estimate of drug-likeness (QED) is 0.822. The average Bonchev–Trinajstić information content (AvgIpc) is 2.45. The largest absolute Gasteiger partial charge is 0.444 e. The van der Waals surface area contributed by atoms with Crippen LogP contribution in [0.4, 0.5) is 4.79 Å². The molecule has 0 saturated heterocycles. The number of nitrogens with one attached hydrogen (secondary N) is 2. The molecule has 0 aliphatic rings. The molecule has 1 aromatic rings. The zero-order valence-corrected chi connectivity index (χ0v) is 13.6. The first kappa shape index (κ1) is 17.8. The lowest BCUT2D eigenvalue weighted by Gasteiger charge is -2.19. The highest BCUT2D eigenvalue weighted by molar-refractivity contribution is 5.94. The lowest BCUT2D eigenvalue weighted by Crippen LogP contribution is -2.32. The molecule has 0 fully saturated rings. The van der Waals surface area contributed by atoms with E-state index in [0.29, 0.717) is 18.5 Å². The third-order valence-corrected chi connectivity index (χ3v) is 2.69. The van der Waals surface area contributed by atoms with Gasteiger partial charge in [-0.15, -0.1) is 0 Å². The van der Waals surface area contributed by atoms with E-state index in [0.717, 1.165) is 5.56 Å². The van der Waals surface area contributed by atoms with Crippen LogP contribution in [0.15, 0.2) is 30.3 Å². The molecule has 0 bridgehead atoms. The Labute approximate surface area is 131 Å². The van der Waals surface area contributed by atoms with E-state index in [1.165, 1.54) is 0 Å². The van der Waals surface area contributed by atoms with Crippen molar-refractivity contribution in [2.45, 2.75) is 32.8 Å². The molecule has 0 spiro atoms. The maximum Gasteiger partial charge on any atom is 0.407 e. The summed E-state index contributed by atoms with van der Waals surface area (Å²) in [5, 5.41) is 5.27. The second-order valence-corrected chi connectivity index (χ2v) is 5.82. The number of benzene rings is 1. The molecule has 22 heavy (non-hydrogen) atoms. The van der Waals surface area contributed by atoms with Crippen LogP contribution in [0, 0.1) is 0 Å². The molecule has 0 aliphatic heterocycles. The fourth-order valence-corrected chi connectivity index (χ4v) is 1.68. The Balaban J connectivity index is 2.34. The van der Waals surface area contributed by atoms with Crippen molar-refractivity contribution in [3.63, 3.8) is 0 Å². The summed E-state index contributed by atoms with van der Waals surface area (Å²) in [6.45, 7) is 6.00. The predicted molar refractivity (Wildman–Crippen MR) is 87.7 cm³/mol. The van der Waals surface area contributed by atoms with E-state index in [9.17, 15) is 9.59 Å². The second-order valence-electron chi connectivity index (χ2n) is 5.82. The summed E-state index contributed by atoms with van der Waals surface area (Å²) in [5.41, 5.74) is 1.16. The van der Waals surface area contributed by atoms with Gasteiger partial charge in [0.1, 0.15) is 5.60 Å². The van der Waals surface area contributed by atoms with E-state index in [1.54, 1.807) is 19.2 Å². The predicted octanol–water partition coefficient (Wildman–Crippen LogP) is 2.97. The molecule has 0 saturated carbocycles. The summed E-state index contributed by atoms with van der Waals surface area (Å²) in [4.78, 5) is 22.8. The summed E-state index contributed by atoms with van der Waals surface area (Å²) in [6, 6.07) is 7.31. The lowest BCUT2D eigenvalue weighted by atomic mass is 10.1. The third kappa shape index (κ3) is 6.92. The number of hydrogen-bond donors (Lipinski definition) is 2. The molecule has 1 aromatic carbocycles. The molecule has 0 unspecified atom stereocenters. The van der Waals surface area contributed by atoms with Crippen molar-refractivity contribution in [2.24, 2.45) is 0 Å². The minimum atomic E-state index is -0.480. The first-order valence-corrected chi connectivity index (χ1v) is 7.27. The second kappa shape index (κ2) is 8.22. The van der Waals surface area contributed by atoms with Crippen molar-refractivity contribution in [1.82, 2.24) is 10.6 Å². The molecule has 0 heterocycles. The molecule has 0 aromatic heterocycles. The van der Waals surface area contributed by atoms with Crippen LogP contribution in [-0.4, -0.2) is 31.2 Å². The van der Waals surface area contributed by atoms with Crippen LogP contribution < -0.4 is 10.6 Å². The molecular weight excluding hydrogens is 280 g/mol. The van der Waals surface area contributed by atoms with Gasteiger partial charge in [0.2, 0.25) is 0 Å². The molecule has 0 radical (unpaired) electrons. The van der Waals surface area contributed by atoms with Gasteiger partial charge in [0, 0.05) is 19.2 Å². The van der Waals surface area contributed by atoms with Gasteiger partial charge in [-0.25, -0.2) is 4.79 Å². The number of hydrogen-bond acceptors (Lipinski definition) is 3. The molecule has 5 nitrogen and oxygen atoms in total. The zero-order valence-electron chi connectivity index (χ0n) is 13.6. The maximum atomic E-state index is 11.4. The number of carbonyl (C=O) groups excluding carboxylic acids is 2. The average molecular weight is 304 g/mol. The maximum absolute atomic E-state index is 11.4. The van der Waals surface area contributed by atoms with Crippen LogP contribution in [0.3, 0.4) is 0 Å². The SMILES string of the molecule is CNC(=O)c1ccc(C=CCCNC(=O)OC(C)(C)C)cc1. The van der Waals surface area contributed by atoms with E-state index < -0.39 is 11.7 Å². The fourth-order valence-electron chi connectivity index (χ4n) is 1.68. The topological polar surface area (TPSA) is 67.4 Å². The number of alkyl carbamates (subject to hydrolysis) is 1. The molecule has 2 amide bonds. The van der Waals surface area contributed by atoms with Crippen molar-refractivity contribution < 1.29 is 14.3 Å². The molecule has 0 atom stereocenters. The van der Waals surface area contributed by atoms with Gasteiger partial charge in [-0.2, -0.15) is 0 Å². The summed E-state index contributed by atoms with van der Waals surface area (Å²) in [5.74, 6) is -0.0999. The highest BCUT2D eigenvalue weighted by atomic mass is 16.6. The Kier molecular flexibility index (Phi) is 6.63. The Morgan fingerprint density at radius 2 is 1.82 bits per heavy atom. The molecule has 5 heteroatoms. The first-order valence-electron chi connectivity index (χ1n) is 7.27. The van der Waals surface area contributed by atoms with Crippen molar-refractivity contribution in [3.8, 4) is 0 Å². The van der Waals surface area contributed by atoms with E-state index in [-0.39, 0.29) is 5.91 Å². The van der Waals surface area contributed by atoms with Gasteiger partial charge >= 0.3 is 6.09 Å². The van der Waals surface area contributed by atoms with Gasteiger partial charge < -0.3 is 15.4 Å². The van der Waals surface area contributed by atoms with Crippen molar-refractivity contribution in [1.29, 1.82) is 0 Å². The van der Waals surface area contributed by atoms with Crippen molar-refractivity contribution in [2.75, 3.05) is 13.6 Å². The number of amides is 2. The minimum Gasteiger partial charge on any atom is -0.444 e. The molecule has 120 valence electrons. The van der Waals surface area contributed by atoms with Gasteiger partial charge in [-0.3, -0.25) is 4.79 Å². The van der Waals surface area contributed by atoms with Gasteiger partial charge in [-0.1, -0.05) is 24.3 Å².